The van der Waals surface area contributed by atoms with E-state index in [1.165, 1.54) is 12.3 Å². The molecule has 2 aromatic rings. The monoisotopic (exact) mass is 288 g/mol. The summed E-state index contributed by atoms with van der Waals surface area (Å²) in [6.45, 7) is 0.0366. The smallest absolute Gasteiger partial charge is 0.231 e. The molecule has 0 unspecified atom stereocenters. The van der Waals surface area contributed by atoms with Crippen molar-refractivity contribution in [1.82, 2.24) is 4.98 Å². The van der Waals surface area contributed by atoms with Gasteiger partial charge in [-0.3, -0.25) is 0 Å². The highest BCUT2D eigenvalue weighted by Crippen LogP contribution is 2.19. The van der Waals surface area contributed by atoms with Crippen LogP contribution in [0, 0.1) is 11.3 Å². The third-order valence-electron chi connectivity index (χ3n) is 2.63. The van der Waals surface area contributed by atoms with E-state index in [0.29, 0.717) is 11.1 Å². The van der Waals surface area contributed by atoms with Crippen LogP contribution in [0.5, 0.6) is 5.88 Å². The van der Waals surface area contributed by atoms with E-state index in [9.17, 15) is 8.42 Å². The fourth-order valence-electron chi connectivity index (χ4n) is 1.72. The Labute approximate surface area is 117 Å². The van der Waals surface area contributed by atoms with E-state index < -0.39 is 9.84 Å². The van der Waals surface area contributed by atoms with Gasteiger partial charge in [0.1, 0.15) is 18.2 Å². The van der Waals surface area contributed by atoms with Crippen LogP contribution in [0.1, 0.15) is 11.1 Å². The number of nitrogens with zero attached hydrogens (tertiary/aromatic N) is 2. The minimum absolute atomic E-state index is 0.0366. The molecule has 0 aliphatic heterocycles. The van der Waals surface area contributed by atoms with Gasteiger partial charge in [0.15, 0.2) is 9.84 Å². The molecule has 2 rings (SSSR count). The van der Waals surface area contributed by atoms with Gasteiger partial charge in [0.25, 0.3) is 0 Å². The van der Waals surface area contributed by atoms with Gasteiger partial charge in [-0.25, -0.2) is 13.4 Å². The first kappa shape index (κ1) is 14.0. The molecule has 1 aromatic carbocycles. The van der Waals surface area contributed by atoms with Gasteiger partial charge in [-0.15, -0.1) is 0 Å². The normalized spacial score (nSPS) is 10.8. The highest BCUT2D eigenvalue weighted by molar-refractivity contribution is 7.90. The van der Waals surface area contributed by atoms with Crippen LogP contribution in [-0.2, 0) is 16.4 Å². The van der Waals surface area contributed by atoms with Gasteiger partial charge >= 0.3 is 0 Å². The molecular formula is C14H12N2O3S. The van der Waals surface area contributed by atoms with E-state index in [0.717, 1.165) is 6.26 Å². The molecule has 0 atom stereocenters. The van der Waals surface area contributed by atoms with Crippen LogP contribution < -0.4 is 4.74 Å². The summed E-state index contributed by atoms with van der Waals surface area (Å²) < 4.78 is 28.8. The lowest BCUT2D eigenvalue weighted by Crippen LogP contribution is -2.06. The number of hydrogen-bond donors (Lipinski definition) is 0. The fourth-order valence-corrected chi connectivity index (χ4v) is 2.65. The van der Waals surface area contributed by atoms with Crippen LogP contribution in [0.2, 0.25) is 0 Å². The minimum atomic E-state index is -3.32. The van der Waals surface area contributed by atoms with Crippen LogP contribution in [0.15, 0.2) is 47.5 Å². The van der Waals surface area contributed by atoms with Crippen LogP contribution in [0.3, 0.4) is 0 Å². The van der Waals surface area contributed by atoms with Crippen LogP contribution in [-0.4, -0.2) is 19.7 Å². The van der Waals surface area contributed by atoms with Gasteiger partial charge < -0.3 is 4.74 Å². The Hall–Kier alpha value is -2.39. The third-order valence-corrected chi connectivity index (χ3v) is 3.83. The zero-order valence-corrected chi connectivity index (χ0v) is 11.6. The van der Waals surface area contributed by atoms with Gasteiger partial charge in [-0.05, 0) is 18.2 Å². The maximum atomic E-state index is 11.7. The average molecular weight is 288 g/mol. The predicted molar refractivity (Wildman–Crippen MR) is 72.8 cm³/mol. The van der Waals surface area contributed by atoms with Crippen molar-refractivity contribution in [2.45, 2.75) is 11.5 Å². The molecule has 1 heterocycles. The number of benzene rings is 1. The summed E-state index contributed by atoms with van der Waals surface area (Å²) in [4.78, 5) is 4.18. The summed E-state index contributed by atoms with van der Waals surface area (Å²) in [7, 11) is -3.32. The van der Waals surface area contributed by atoms with Crippen molar-refractivity contribution in [3.05, 3.63) is 53.7 Å². The first-order valence-corrected chi connectivity index (χ1v) is 7.67. The maximum absolute atomic E-state index is 11.7. The van der Waals surface area contributed by atoms with Crippen molar-refractivity contribution in [1.29, 1.82) is 5.26 Å². The van der Waals surface area contributed by atoms with Gasteiger partial charge in [0, 0.05) is 18.0 Å². The van der Waals surface area contributed by atoms with Crippen LogP contribution in [0.4, 0.5) is 0 Å². The molecule has 0 fully saturated rings. The summed E-state index contributed by atoms with van der Waals surface area (Å²) in [5.74, 6) is 0.193. The standard InChI is InChI=1S/C14H12N2O3S/c1-20(17,18)13-7-3-2-5-12(13)10-19-14-11(9-15)6-4-8-16-14/h2-8H,10H2,1H3. The number of rotatable bonds is 4. The number of aromatic nitrogens is 1. The van der Waals surface area contributed by atoms with E-state index in [1.807, 2.05) is 6.07 Å². The predicted octanol–water partition coefficient (Wildman–Crippen LogP) is 1.94. The minimum Gasteiger partial charge on any atom is -0.472 e. The van der Waals surface area contributed by atoms with Crippen LogP contribution in [0.25, 0.3) is 0 Å². The lowest BCUT2D eigenvalue weighted by molar-refractivity contribution is 0.290. The zero-order chi connectivity index (χ0) is 14.6. The van der Waals surface area contributed by atoms with E-state index in [-0.39, 0.29) is 17.4 Å². The first-order valence-electron chi connectivity index (χ1n) is 5.78. The summed E-state index contributed by atoms with van der Waals surface area (Å²) in [5.41, 5.74) is 0.842. The van der Waals surface area contributed by atoms with Crippen molar-refractivity contribution in [3.8, 4) is 11.9 Å². The Morgan fingerprint density at radius 1 is 1.25 bits per heavy atom. The topological polar surface area (TPSA) is 80.1 Å². The summed E-state index contributed by atoms with van der Waals surface area (Å²) in [5, 5.41) is 8.93. The molecule has 0 aliphatic rings. The fraction of sp³-hybridized carbons (Fsp3) is 0.143. The Bertz CT molecular complexity index is 764. The Kier molecular flexibility index (Phi) is 4.01. The second kappa shape index (κ2) is 5.72. The second-order valence-corrected chi connectivity index (χ2v) is 6.12. The maximum Gasteiger partial charge on any atom is 0.231 e. The highest BCUT2D eigenvalue weighted by Gasteiger charge is 2.13. The lowest BCUT2D eigenvalue weighted by Gasteiger charge is -2.09. The quantitative estimate of drug-likeness (QED) is 0.858. The Morgan fingerprint density at radius 3 is 2.70 bits per heavy atom. The summed E-state index contributed by atoms with van der Waals surface area (Å²) in [6.07, 6.45) is 2.66. The Morgan fingerprint density at radius 2 is 2.00 bits per heavy atom. The molecule has 0 N–H and O–H groups in total. The van der Waals surface area contributed by atoms with Gasteiger partial charge in [-0.2, -0.15) is 5.26 Å². The molecule has 1 aromatic heterocycles. The molecule has 102 valence electrons. The Balaban J connectivity index is 2.27. The van der Waals surface area contributed by atoms with Crippen molar-refractivity contribution in [2.24, 2.45) is 0 Å². The molecule has 5 nitrogen and oxygen atoms in total. The molecule has 0 spiro atoms. The summed E-state index contributed by atoms with van der Waals surface area (Å²) in [6, 6.07) is 11.8. The molecule has 0 amide bonds. The molecule has 0 aliphatic carbocycles. The molecule has 0 bridgehead atoms. The molecule has 0 saturated carbocycles. The van der Waals surface area contributed by atoms with Gasteiger partial charge in [-0.1, -0.05) is 18.2 Å². The van der Waals surface area contributed by atoms with Crippen molar-refractivity contribution in [2.75, 3.05) is 6.26 Å². The number of nitriles is 1. The van der Waals surface area contributed by atoms with Gasteiger partial charge in [0.05, 0.1) is 4.90 Å². The number of hydrogen-bond acceptors (Lipinski definition) is 5. The zero-order valence-electron chi connectivity index (χ0n) is 10.8. The van der Waals surface area contributed by atoms with Crippen molar-refractivity contribution in [3.63, 3.8) is 0 Å². The van der Waals surface area contributed by atoms with Crippen molar-refractivity contribution >= 4 is 9.84 Å². The number of pyridine rings is 1. The number of ether oxygens (including phenoxy) is 1. The summed E-state index contributed by atoms with van der Waals surface area (Å²) >= 11 is 0. The van der Waals surface area contributed by atoms with E-state index in [2.05, 4.69) is 4.98 Å². The molecule has 20 heavy (non-hydrogen) atoms. The van der Waals surface area contributed by atoms with E-state index >= 15 is 0 Å². The van der Waals surface area contributed by atoms with Crippen LogP contribution >= 0.6 is 0 Å². The molecule has 0 radical (unpaired) electrons. The van der Waals surface area contributed by atoms with E-state index in [1.54, 1.807) is 30.3 Å². The highest BCUT2D eigenvalue weighted by atomic mass is 32.2. The van der Waals surface area contributed by atoms with Crippen molar-refractivity contribution < 1.29 is 13.2 Å². The second-order valence-electron chi connectivity index (χ2n) is 4.14. The molecule has 6 heteroatoms. The SMILES string of the molecule is CS(=O)(=O)c1ccccc1COc1ncccc1C#N. The number of sulfone groups is 1. The van der Waals surface area contributed by atoms with Gasteiger partial charge in [0.2, 0.25) is 5.88 Å². The molecular weight excluding hydrogens is 276 g/mol. The molecule has 0 saturated heterocycles. The largest absolute Gasteiger partial charge is 0.472 e. The van der Waals surface area contributed by atoms with E-state index in [4.69, 9.17) is 10.00 Å². The first-order chi connectivity index (χ1) is 9.52. The lowest BCUT2D eigenvalue weighted by atomic mass is 10.2. The third kappa shape index (κ3) is 3.13. The average Bonchev–Trinajstić information content (AvgIpc) is 2.44.